The first-order valence-electron chi connectivity index (χ1n) is 13.0. The zero-order valence-corrected chi connectivity index (χ0v) is 23.5. The van der Waals surface area contributed by atoms with Crippen molar-refractivity contribution < 1.29 is 21.6 Å². The second-order valence-electron chi connectivity index (χ2n) is 10.6. The fourth-order valence-electron chi connectivity index (χ4n) is 5.40. The minimum absolute atomic E-state index is 0.121. The molecule has 0 atom stereocenters. The maximum atomic E-state index is 15.6. The molecule has 0 bridgehead atoms. The predicted molar refractivity (Wildman–Crippen MR) is 149 cm³/mol. The Kier molecular flexibility index (Phi) is 7.58. The standard InChI is InChI=1S/C28H29ClF3N5O2S/c1-14(2)37-27-20(15-3-6-18(33)7-4-15)12-35-28(34)25(27)26(36-37)19-11-22(31)16(9-23(19)32)13-40(38,39)24-8-5-17(30)10-21(24)29/h5,8-12,14-15,18H,3-4,6-7,13,33H2,1-2H3,(H2,34,35). The molecular formula is C28H29ClF3N5O2S. The van der Waals surface area contributed by atoms with Gasteiger partial charge in [-0.1, -0.05) is 11.6 Å². The number of rotatable bonds is 6. The summed E-state index contributed by atoms with van der Waals surface area (Å²) in [6.07, 6.45) is 5.20. The maximum absolute atomic E-state index is 15.6. The van der Waals surface area contributed by atoms with Crippen molar-refractivity contribution in [3.8, 4) is 11.3 Å². The summed E-state index contributed by atoms with van der Waals surface area (Å²) >= 11 is 5.91. The molecule has 212 valence electrons. The van der Waals surface area contributed by atoms with Gasteiger partial charge in [-0.2, -0.15) is 5.10 Å². The summed E-state index contributed by atoms with van der Waals surface area (Å²) < 4.78 is 72.0. The summed E-state index contributed by atoms with van der Waals surface area (Å²) in [5, 5.41) is 4.73. The Morgan fingerprint density at radius 1 is 1.07 bits per heavy atom. The van der Waals surface area contributed by atoms with Gasteiger partial charge in [0.2, 0.25) is 0 Å². The van der Waals surface area contributed by atoms with Gasteiger partial charge in [0.25, 0.3) is 0 Å². The van der Waals surface area contributed by atoms with Crippen molar-refractivity contribution >= 4 is 38.2 Å². The molecule has 1 aliphatic rings. The first-order chi connectivity index (χ1) is 18.9. The van der Waals surface area contributed by atoms with Crippen molar-refractivity contribution in [1.82, 2.24) is 14.8 Å². The quantitative estimate of drug-likeness (QED) is 0.254. The summed E-state index contributed by atoms with van der Waals surface area (Å²) in [6.45, 7) is 3.86. The van der Waals surface area contributed by atoms with E-state index >= 15 is 8.78 Å². The molecule has 0 amide bonds. The lowest BCUT2D eigenvalue weighted by atomic mass is 9.82. The van der Waals surface area contributed by atoms with Crippen molar-refractivity contribution in [3.05, 3.63) is 70.1 Å². The molecule has 5 rings (SSSR count). The molecule has 40 heavy (non-hydrogen) atoms. The number of pyridine rings is 1. The monoisotopic (exact) mass is 591 g/mol. The van der Waals surface area contributed by atoms with Crippen LogP contribution in [0.3, 0.4) is 0 Å². The fraction of sp³-hybridized carbons (Fsp3) is 0.357. The molecule has 2 aromatic heterocycles. The van der Waals surface area contributed by atoms with Crippen LogP contribution in [-0.2, 0) is 15.6 Å². The lowest BCUT2D eigenvalue weighted by Gasteiger charge is -2.27. The zero-order chi connectivity index (χ0) is 28.9. The minimum atomic E-state index is -4.21. The molecule has 7 nitrogen and oxygen atoms in total. The molecule has 0 aliphatic heterocycles. The Morgan fingerprint density at radius 3 is 2.42 bits per heavy atom. The van der Waals surface area contributed by atoms with Gasteiger partial charge >= 0.3 is 0 Å². The molecule has 0 radical (unpaired) electrons. The van der Waals surface area contributed by atoms with E-state index < -0.39 is 38.6 Å². The van der Waals surface area contributed by atoms with E-state index in [1.54, 1.807) is 10.9 Å². The predicted octanol–water partition coefficient (Wildman–Crippen LogP) is 6.29. The Hall–Kier alpha value is -3.15. The molecule has 2 aromatic carbocycles. The van der Waals surface area contributed by atoms with Gasteiger partial charge in [0.15, 0.2) is 9.84 Å². The number of nitrogens with two attached hydrogens (primary N) is 2. The van der Waals surface area contributed by atoms with Gasteiger partial charge in [-0.3, -0.25) is 4.68 Å². The van der Waals surface area contributed by atoms with Crippen LogP contribution in [0.4, 0.5) is 19.0 Å². The Balaban J connectivity index is 1.61. The number of benzene rings is 2. The van der Waals surface area contributed by atoms with Gasteiger partial charge in [0.1, 0.15) is 29.0 Å². The first kappa shape index (κ1) is 28.4. The van der Waals surface area contributed by atoms with Crippen LogP contribution in [0.2, 0.25) is 5.02 Å². The van der Waals surface area contributed by atoms with Crippen LogP contribution >= 0.6 is 11.6 Å². The molecule has 4 aromatic rings. The van der Waals surface area contributed by atoms with E-state index in [1.807, 2.05) is 13.8 Å². The molecular weight excluding hydrogens is 563 g/mol. The third-order valence-corrected chi connectivity index (χ3v) is 9.59. The van der Waals surface area contributed by atoms with E-state index in [-0.39, 0.29) is 45.0 Å². The van der Waals surface area contributed by atoms with Gasteiger partial charge < -0.3 is 11.5 Å². The molecule has 0 unspecified atom stereocenters. The van der Waals surface area contributed by atoms with Crippen LogP contribution < -0.4 is 11.5 Å². The summed E-state index contributed by atoms with van der Waals surface area (Å²) in [5.74, 6) is -3.12. The summed E-state index contributed by atoms with van der Waals surface area (Å²) in [7, 11) is -4.21. The Morgan fingerprint density at radius 2 is 1.77 bits per heavy atom. The molecule has 2 heterocycles. The van der Waals surface area contributed by atoms with E-state index in [0.29, 0.717) is 5.39 Å². The molecule has 1 aliphatic carbocycles. The normalized spacial score (nSPS) is 18.1. The average molecular weight is 592 g/mol. The lowest BCUT2D eigenvalue weighted by molar-refractivity contribution is 0.395. The fourth-order valence-corrected chi connectivity index (χ4v) is 7.34. The van der Waals surface area contributed by atoms with Crippen molar-refractivity contribution in [2.75, 3.05) is 5.73 Å². The molecule has 12 heteroatoms. The smallest absolute Gasteiger partial charge is 0.184 e. The highest BCUT2D eigenvalue weighted by molar-refractivity contribution is 7.90. The van der Waals surface area contributed by atoms with Crippen LogP contribution in [0.1, 0.15) is 62.6 Å². The van der Waals surface area contributed by atoms with Crippen molar-refractivity contribution in [2.45, 2.75) is 68.2 Å². The number of nitrogens with zero attached hydrogens (tertiary/aromatic N) is 3. The number of fused-ring (bicyclic) bond motifs is 1. The van der Waals surface area contributed by atoms with Crippen LogP contribution in [0.25, 0.3) is 22.2 Å². The van der Waals surface area contributed by atoms with Crippen LogP contribution in [0.15, 0.2) is 41.4 Å². The van der Waals surface area contributed by atoms with Crippen molar-refractivity contribution in [3.63, 3.8) is 0 Å². The Labute approximate surface area is 235 Å². The minimum Gasteiger partial charge on any atom is -0.383 e. The number of halogens is 4. The van der Waals surface area contributed by atoms with E-state index in [4.69, 9.17) is 23.1 Å². The largest absolute Gasteiger partial charge is 0.383 e. The highest BCUT2D eigenvalue weighted by atomic mass is 35.5. The number of sulfone groups is 1. The summed E-state index contributed by atoms with van der Waals surface area (Å²) in [4.78, 5) is 4.01. The van der Waals surface area contributed by atoms with Crippen molar-refractivity contribution in [1.29, 1.82) is 0 Å². The number of hydrogen-bond donors (Lipinski definition) is 2. The van der Waals surface area contributed by atoms with E-state index in [1.165, 1.54) is 0 Å². The number of anilines is 1. The van der Waals surface area contributed by atoms with E-state index in [9.17, 15) is 12.8 Å². The molecule has 0 spiro atoms. The van der Waals surface area contributed by atoms with Crippen molar-refractivity contribution in [2.24, 2.45) is 5.73 Å². The number of aromatic nitrogens is 3. The Bertz CT molecular complexity index is 1720. The summed E-state index contributed by atoms with van der Waals surface area (Å²) in [6, 6.07) is 4.55. The lowest BCUT2D eigenvalue weighted by Crippen LogP contribution is -2.26. The van der Waals surface area contributed by atoms with Gasteiger partial charge in [-0.15, -0.1) is 0 Å². The molecule has 1 saturated carbocycles. The van der Waals surface area contributed by atoms with Gasteiger partial charge in [0.05, 0.1) is 26.6 Å². The first-order valence-corrected chi connectivity index (χ1v) is 15.0. The number of hydrogen-bond acceptors (Lipinski definition) is 6. The van der Waals surface area contributed by atoms with E-state index in [0.717, 1.165) is 67.1 Å². The second-order valence-corrected chi connectivity index (χ2v) is 12.9. The molecule has 1 fully saturated rings. The number of nitrogen functional groups attached to an aromatic ring is 1. The topological polar surface area (TPSA) is 117 Å². The van der Waals surface area contributed by atoms with Gasteiger partial charge in [0, 0.05) is 29.4 Å². The SMILES string of the molecule is CC(C)n1nc(-c2cc(F)c(CS(=O)(=O)c3ccc(F)cc3Cl)cc2F)c2c(N)ncc(C3CCC(N)CC3)c21. The summed E-state index contributed by atoms with van der Waals surface area (Å²) in [5.41, 5.74) is 13.6. The maximum Gasteiger partial charge on any atom is 0.184 e. The molecule has 0 saturated heterocycles. The molecule has 4 N–H and O–H groups in total. The third kappa shape index (κ3) is 5.17. The van der Waals surface area contributed by atoms with Crippen LogP contribution in [-0.4, -0.2) is 29.2 Å². The van der Waals surface area contributed by atoms with Crippen LogP contribution in [0.5, 0.6) is 0 Å². The third-order valence-electron chi connectivity index (χ3n) is 7.45. The average Bonchev–Trinajstić information content (AvgIpc) is 3.28. The van der Waals surface area contributed by atoms with E-state index in [2.05, 4.69) is 10.1 Å². The van der Waals surface area contributed by atoms with Gasteiger partial charge in [-0.05, 0) is 81.3 Å². The highest BCUT2D eigenvalue weighted by Gasteiger charge is 2.29. The van der Waals surface area contributed by atoms with Crippen LogP contribution in [0, 0.1) is 17.5 Å². The second kappa shape index (κ2) is 10.7. The zero-order valence-electron chi connectivity index (χ0n) is 22.0. The highest BCUT2D eigenvalue weighted by Crippen LogP contribution is 2.42. The van der Waals surface area contributed by atoms with Gasteiger partial charge in [-0.25, -0.2) is 26.6 Å².